The van der Waals surface area contributed by atoms with E-state index in [4.69, 9.17) is 5.84 Å². The average Bonchev–Trinajstić information content (AvgIpc) is 2.97. The van der Waals surface area contributed by atoms with Crippen LogP contribution < -0.4 is 11.3 Å². The topological polar surface area (TPSA) is 41.3 Å². The Morgan fingerprint density at radius 2 is 1.75 bits per heavy atom. The number of nitrogens with two attached hydrogens (primary N) is 1. The van der Waals surface area contributed by atoms with E-state index in [1.54, 1.807) is 0 Å². The molecule has 3 N–H and O–H groups in total. The molecular weight excluding hydrogens is 246 g/mol. The number of rotatable bonds is 7. The van der Waals surface area contributed by atoms with Crippen LogP contribution in [-0.2, 0) is 6.42 Å². The molecule has 1 saturated carbocycles. The molecule has 20 heavy (non-hydrogen) atoms. The largest absolute Gasteiger partial charge is 0.297 e. The molecule has 1 aliphatic carbocycles. The minimum atomic E-state index is 0.230. The lowest BCUT2D eigenvalue weighted by atomic mass is 9.82. The van der Waals surface area contributed by atoms with E-state index < -0.39 is 0 Å². The van der Waals surface area contributed by atoms with Crippen molar-refractivity contribution in [3.63, 3.8) is 0 Å². The molecule has 0 bridgehead atoms. The summed E-state index contributed by atoms with van der Waals surface area (Å²) in [7, 11) is 0. The second kappa shape index (κ2) is 7.21. The molecule has 1 aromatic carbocycles. The van der Waals surface area contributed by atoms with Crippen LogP contribution in [-0.4, -0.2) is 29.6 Å². The Morgan fingerprint density at radius 1 is 1.15 bits per heavy atom. The van der Waals surface area contributed by atoms with E-state index in [2.05, 4.69) is 54.5 Å². The quantitative estimate of drug-likeness (QED) is 0.594. The molecular formula is C17H29N3. The van der Waals surface area contributed by atoms with Gasteiger partial charge in [0.25, 0.3) is 0 Å². The Bertz CT molecular complexity index is 380. The van der Waals surface area contributed by atoms with Crippen molar-refractivity contribution in [3.8, 4) is 0 Å². The van der Waals surface area contributed by atoms with Gasteiger partial charge >= 0.3 is 0 Å². The highest BCUT2D eigenvalue weighted by molar-refractivity contribution is 5.18. The van der Waals surface area contributed by atoms with Gasteiger partial charge in [0, 0.05) is 11.6 Å². The molecule has 3 nitrogen and oxygen atoms in total. The van der Waals surface area contributed by atoms with Crippen molar-refractivity contribution in [2.24, 2.45) is 5.84 Å². The van der Waals surface area contributed by atoms with Gasteiger partial charge in [-0.3, -0.25) is 16.2 Å². The van der Waals surface area contributed by atoms with Crippen LogP contribution >= 0.6 is 0 Å². The maximum absolute atomic E-state index is 5.96. The van der Waals surface area contributed by atoms with E-state index in [0.29, 0.717) is 6.04 Å². The van der Waals surface area contributed by atoms with Crippen LogP contribution in [0.4, 0.5) is 0 Å². The van der Waals surface area contributed by atoms with Crippen molar-refractivity contribution in [2.75, 3.05) is 13.1 Å². The highest BCUT2D eigenvalue weighted by atomic mass is 15.3. The lowest BCUT2D eigenvalue weighted by molar-refractivity contribution is 0.0630. The summed E-state index contributed by atoms with van der Waals surface area (Å²) in [5.41, 5.74) is 4.74. The van der Waals surface area contributed by atoms with Crippen LogP contribution in [0.25, 0.3) is 0 Å². The van der Waals surface area contributed by atoms with Crippen LogP contribution in [0.1, 0.15) is 45.1 Å². The highest BCUT2D eigenvalue weighted by Gasteiger charge is 2.44. The third-order valence-corrected chi connectivity index (χ3v) is 5.00. The lowest BCUT2D eigenvalue weighted by Crippen LogP contribution is -2.62. The smallest absolute Gasteiger partial charge is 0.0435 e. The van der Waals surface area contributed by atoms with Crippen molar-refractivity contribution in [2.45, 2.75) is 57.5 Å². The van der Waals surface area contributed by atoms with Crippen LogP contribution in [0.3, 0.4) is 0 Å². The number of hydrogen-bond donors (Lipinski definition) is 2. The van der Waals surface area contributed by atoms with Crippen molar-refractivity contribution in [1.82, 2.24) is 10.3 Å². The summed E-state index contributed by atoms with van der Waals surface area (Å²) in [4.78, 5) is 2.62. The van der Waals surface area contributed by atoms with Gasteiger partial charge in [-0.05, 0) is 37.9 Å². The molecule has 0 aliphatic heterocycles. The average molecular weight is 275 g/mol. The summed E-state index contributed by atoms with van der Waals surface area (Å²) in [5, 5.41) is 0. The van der Waals surface area contributed by atoms with Gasteiger partial charge < -0.3 is 0 Å². The molecule has 1 aromatic rings. The summed E-state index contributed by atoms with van der Waals surface area (Å²) in [6, 6.07) is 11.0. The van der Waals surface area contributed by atoms with Crippen molar-refractivity contribution in [3.05, 3.63) is 35.9 Å². The second-order valence-corrected chi connectivity index (χ2v) is 5.89. The maximum atomic E-state index is 5.96. The van der Waals surface area contributed by atoms with Gasteiger partial charge in [-0.25, -0.2) is 0 Å². The molecule has 2 rings (SSSR count). The summed E-state index contributed by atoms with van der Waals surface area (Å²) in [6.45, 7) is 6.73. The van der Waals surface area contributed by atoms with Gasteiger partial charge in [0.15, 0.2) is 0 Å². The molecule has 1 aliphatic rings. The zero-order valence-electron chi connectivity index (χ0n) is 12.9. The predicted octanol–water partition coefficient (Wildman–Crippen LogP) is 2.72. The molecule has 0 radical (unpaired) electrons. The fourth-order valence-electron chi connectivity index (χ4n) is 3.98. The summed E-state index contributed by atoms with van der Waals surface area (Å²) in [6.07, 6.45) is 6.17. The summed E-state index contributed by atoms with van der Waals surface area (Å²) >= 11 is 0. The summed E-state index contributed by atoms with van der Waals surface area (Å²) in [5.74, 6) is 5.96. The van der Waals surface area contributed by atoms with Crippen molar-refractivity contribution in [1.29, 1.82) is 0 Å². The number of hydrogen-bond acceptors (Lipinski definition) is 3. The number of hydrazine groups is 1. The molecule has 0 spiro atoms. The van der Waals surface area contributed by atoms with E-state index in [1.165, 1.54) is 31.2 Å². The van der Waals surface area contributed by atoms with Crippen molar-refractivity contribution < 1.29 is 0 Å². The van der Waals surface area contributed by atoms with Gasteiger partial charge in [-0.2, -0.15) is 0 Å². The Kier molecular flexibility index (Phi) is 5.58. The standard InChI is InChI=1S/C17H29N3/c1-3-20(4-2)17(12-8-9-13-17)16(19-18)14-15-10-6-5-7-11-15/h5-7,10-11,16,19H,3-4,8-9,12-14,18H2,1-2H3. The molecule has 1 unspecified atom stereocenters. The number of likely N-dealkylation sites (N-methyl/N-ethyl adjacent to an activating group) is 1. The molecule has 112 valence electrons. The molecule has 0 aromatic heterocycles. The van der Waals surface area contributed by atoms with Gasteiger partial charge in [-0.15, -0.1) is 0 Å². The number of benzene rings is 1. The monoisotopic (exact) mass is 275 g/mol. The fraction of sp³-hybridized carbons (Fsp3) is 0.647. The van der Waals surface area contributed by atoms with Gasteiger partial charge in [0.1, 0.15) is 0 Å². The van der Waals surface area contributed by atoms with Crippen LogP contribution in [0.15, 0.2) is 30.3 Å². The third kappa shape index (κ3) is 3.05. The molecule has 0 amide bonds. The summed E-state index contributed by atoms with van der Waals surface area (Å²) < 4.78 is 0. The van der Waals surface area contributed by atoms with Crippen LogP contribution in [0, 0.1) is 0 Å². The minimum Gasteiger partial charge on any atom is -0.297 e. The lowest BCUT2D eigenvalue weighted by Gasteiger charge is -2.46. The highest BCUT2D eigenvalue weighted by Crippen LogP contribution is 2.38. The molecule has 3 heteroatoms. The van der Waals surface area contributed by atoms with Gasteiger partial charge in [-0.1, -0.05) is 57.0 Å². The SMILES string of the molecule is CCN(CC)C1(C(Cc2ccccc2)NN)CCCC1. The van der Waals surface area contributed by atoms with E-state index in [-0.39, 0.29) is 5.54 Å². The first-order chi connectivity index (χ1) is 9.76. The first-order valence-corrected chi connectivity index (χ1v) is 8.02. The van der Waals surface area contributed by atoms with Crippen molar-refractivity contribution >= 4 is 0 Å². The molecule has 1 atom stereocenters. The van der Waals surface area contributed by atoms with Gasteiger partial charge in [0.2, 0.25) is 0 Å². The Morgan fingerprint density at radius 3 is 2.25 bits per heavy atom. The zero-order chi connectivity index (χ0) is 14.4. The van der Waals surface area contributed by atoms with E-state index >= 15 is 0 Å². The molecule has 0 saturated heterocycles. The van der Waals surface area contributed by atoms with Crippen LogP contribution in [0.2, 0.25) is 0 Å². The molecule has 0 heterocycles. The Balaban J connectivity index is 2.21. The maximum Gasteiger partial charge on any atom is 0.0435 e. The van der Waals surface area contributed by atoms with E-state index in [9.17, 15) is 0 Å². The normalized spacial score (nSPS) is 19.4. The van der Waals surface area contributed by atoms with E-state index in [1.807, 2.05) is 0 Å². The van der Waals surface area contributed by atoms with E-state index in [0.717, 1.165) is 19.5 Å². The van der Waals surface area contributed by atoms with Gasteiger partial charge in [0.05, 0.1) is 0 Å². The fourth-order valence-corrected chi connectivity index (χ4v) is 3.98. The Labute approximate surface area is 123 Å². The Hall–Kier alpha value is -0.900. The zero-order valence-corrected chi connectivity index (χ0v) is 12.9. The second-order valence-electron chi connectivity index (χ2n) is 5.89. The minimum absolute atomic E-state index is 0.230. The first kappa shape index (κ1) is 15.5. The number of nitrogens with zero attached hydrogens (tertiary/aromatic N) is 1. The first-order valence-electron chi connectivity index (χ1n) is 8.02. The number of nitrogens with one attached hydrogen (secondary N) is 1. The van der Waals surface area contributed by atoms with Crippen LogP contribution in [0.5, 0.6) is 0 Å². The predicted molar refractivity (Wildman–Crippen MR) is 85.4 cm³/mol. The molecule has 1 fully saturated rings. The third-order valence-electron chi connectivity index (χ3n) is 5.00.